The molecule has 2 aromatic rings. The summed E-state index contributed by atoms with van der Waals surface area (Å²) in [5.41, 5.74) is 5.77. The molecule has 18 heavy (non-hydrogen) atoms. The number of pyridine rings is 1. The van der Waals surface area contributed by atoms with Gasteiger partial charge >= 0.3 is 0 Å². The minimum absolute atomic E-state index is 0.140. The van der Waals surface area contributed by atoms with Crippen LogP contribution >= 0.6 is 23.2 Å². The highest BCUT2D eigenvalue weighted by Gasteiger charge is 2.11. The number of nitrogen functional groups attached to an aromatic ring is 1. The first kappa shape index (κ1) is 12.7. The average molecular weight is 282 g/mol. The zero-order chi connectivity index (χ0) is 13.1. The molecule has 1 aromatic heterocycles. The van der Waals surface area contributed by atoms with Crippen molar-refractivity contribution in [1.82, 2.24) is 4.98 Å². The SMILES string of the molecule is N=C(N)c1ccnc(Oc2cccc(Cl)c2)c1Cl. The molecule has 0 atom stereocenters. The molecular formula is C12H9Cl2N3O. The van der Waals surface area contributed by atoms with Crippen molar-refractivity contribution in [2.75, 3.05) is 0 Å². The van der Waals surface area contributed by atoms with Crippen LogP contribution in [0.5, 0.6) is 11.6 Å². The second-order valence-electron chi connectivity index (χ2n) is 3.45. The van der Waals surface area contributed by atoms with Crippen LogP contribution in [-0.4, -0.2) is 10.8 Å². The first-order valence-corrected chi connectivity index (χ1v) is 5.76. The molecule has 0 amide bonds. The molecule has 2 rings (SSSR count). The van der Waals surface area contributed by atoms with Gasteiger partial charge in [-0.05, 0) is 24.3 Å². The molecule has 4 nitrogen and oxygen atoms in total. The van der Waals surface area contributed by atoms with Gasteiger partial charge in [0, 0.05) is 16.8 Å². The van der Waals surface area contributed by atoms with Crippen LogP contribution in [0.2, 0.25) is 10.0 Å². The summed E-state index contributed by atoms with van der Waals surface area (Å²) in [7, 11) is 0. The summed E-state index contributed by atoms with van der Waals surface area (Å²) < 4.78 is 5.50. The topological polar surface area (TPSA) is 72.0 Å². The number of rotatable bonds is 3. The first-order valence-electron chi connectivity index (χ1n) is 5.00. The molecule has 0 unspecified atom stereocenters. The van der Waals surface area contributed by atoms with Crippen LogP contribution in [0, 0.1) is 5.41 Å². The van der Waals surface area contributed by atoms with Crippen molar-refractivity contribution in [3.05, 3.63) is 52.1 Å². The second kappa shape index (κ2) is 5.25. The highest BCUT2D eigenvalue weighted by atomic mass is 35.5. The summed E-state index contributed by atoms with van der Waals surface area (Å²) in [5, 5.41) is 8.12. The molecule has 0 fully saturated rings. The number of amidine groups is 1. The van der Waals surface area contributed by atoms with E-state index in [1.165, 1.54) is 6.20 Å². The Bertz CT molecular complexity index is 602. The second-order valence-corrected chi connectivity index (χ2v) is 4.27. The van der Waals surface area contributed by atoms with Gasteiger partial charge in [-0.2, -0.15) is 0 Å². The summed E-state index contributed by atoms with van der Waals surface area (Å²) in [4.78, 5) is 4.00. The zero-order valence-electron chi connectivity index (χ0n) is 9.15. The van der Waals surface area contributed by atoms with Crippen LogP contribution < -0.4 is 10.5 Å². The van der Waals surface area contributed by atoms with E-state index in [-0.39, 0.29) is 16.7 Å². The molecule has 0 bridgehead atoms. The fourth-order valence-electron chi connectivity index (χ4n) is 1.35. The van der Waals surface area contributed by atoms with E-state index < -0.39 is 0 Å². The van der Waals surface area contributed by atoms with Gasteiger partial charge in [0.15, 0.2) is 0 Å². The summed E-state index contributed by atoms with van der Waals surface area (Å²) in [6.45, 7) is 0. The lowest BCUT2D eigenvalue weighted by molar-refractivity contribution is 0.463. The number of benzene rings is 1. The van der Waals surface area contributed by atoms with E-state index >= 15 is 0 Å². The first-order chi connectivity index (χ1) is 8.58. The van der Waals surface area contributed by atoms with Gasteiger partial charge < -0.3 is 10.5 Å². The Labute approximate surface area is 114 Å². The molecule has 0 radical (unpaired) electrons. The number of nitrogens with zero attached hydrogens (tertiary/aromatic N) is 1. The van der Waals surface area contributed by atoms with Crippen molar-refractivity contribution < 1.29 is 4.74 Å². The van der Waals surface area contributed by atoms with Gasteiger partial charge in [0.05, 0.1) is 0 Å². The van der Waals surface area contributed by atoms with Crippen molar-refractivity contribution in [1.29, 1.82) is 5.41 Å². The minimum atomic E-state index is -0.140. The summed E-state index contributed by atoms with van der Waals surface area (Å²) in [5.74, 6) is 0.558. The largest absolute Gasteiger partial charge is 0.437 e. The van der Waals surface area contributed by atoms with Crippen LogP contribution in [-0.2, 0) is 0 Å². The van der Waals surface area contributed by atoms with Crippen LogP contribution in [0.25, 0.3) is 0 Å². The Morgan fingerprint density at radius 2 is 2.06 bits per heavy atom. The lowest BCUT2D eigenvalue weighted by Crippen LogP contribution is -2.12. The van der Waals surface area contributed by atoms with Crippen molar-refractivity contribution >= 4 is 29.0 Å². The molecule has 0 aliphatic rings. The fourth-order valence-corrected chi connectivity index (χ4v) is 1.78. The van der Waals surface area contributed by atoms with Crippen molar-refractivity contribution in [3.63, 3.8) is 0 Å². The van der Waals surface area contributed by atoms with E-state index in [4.69, 9.17) is 39.1 Å². The Hall–Kier alpha value is -1.78. The Balaban J connectivity index is 2.35. The predicted octanol–water partition coefficient (Wildman–Crippen LogP) is 3.46. The summed E-state index contributed by atoms with van der Waals surface area (Å²) in [6.07, 6.45) is 1.47. The van der Waals surface area contributed by atoms with Crippen LogP contribution in [0.15, 0.2) is 36.5 Å². The fraction of sp³-hybridized carbons (Fsp3) is 0. The molecule has 0 saturated carbocycles. The van der Waals surface area contributed by atoms with E-state index in [0.29, 0.717) is 16.3 Å². The number of hydrogen-bond acceptors (Lipinski definition) is 3. The average Bonchev–Trinajstić information content (AvgIpc) is 2.31. The van der Waals surface area contributed by atoms with Gasteiger partial charge in [-0.15, -0.1) is 0 Å². The third-order valence-corrected chi connectivity index (χ3v) is 2.76. The maximum Gasteiger partial charge on any atom is 0.238 e. The quantitative estimate of drug-likeness (QED) is 0.668. The molecule has 6 heteroatoms. The van der Waals surface area contributed by atoms with Gasteiger partial charge in [0.1, 0.15) is 16.6 Å². The molecule has 1 aromatic carbocycles. The molecule has 3 N–H and O–H groups in total. The van der Waals surface area contributed by atoms with E-state index in [1.807, 2.05) is 0 Å². The number of aromatic nitrogens is 1. The highest BCUT2D eigenvalue weighted by molar-refractivity contribution is 6.35. The molecule has 0 saturated heterocycles. The molecule has 0 spiro atoms. The lowest BCUT2D eigenvalue weighted by Gasteiger charge is -2.09. The van der Waals surface area contributed by atoms with E-state index in [9.17, 15) is 0 Å². The molecule has 0 aliphatic carbocycles. The Morgan fingerprint density at radius 3 is 2.72 bits per heavy atom. The van der Waals surface area contributed by atoms with Gasteiger partial charge in [0.25, 0.3) is 0 Å². The van der Waals surface area contributed by atoms with Crippen molar-refractivity contribution in [3.8, 4) is 11.6 Å². The van der Waals surface area contributed by atoms with Crippen LogP contribution in [0.3, 0.4) is 0 Å². The lowest BCUT2D eigenvalue weighted by atomic mass is 10.2. The zero-order valence-corrected chi connectivity index (χ0v) is 10.7. The maximum atomic E-state index is 7.38. The van der Waals surface area contributed by atoms with Gasteiger partial charge in [0.2, 0.25) is 5.88 Å². The van der Waals surface area contributed by atoms with Crippen molar-refractivity contribution in [2.24, 2.45) is 5.73 Å². The molecular weight excluding hydrogens is 273 g/mol. The van der Waals surface area contributed by atoms with E-state index in [0.717, 1.165) is 0 Å². The highest BCUT2D eigenvalue weighted by Crippen LogP contribution is 2.30. The smallest absolute Gasteiger partial charge is 0.238 e. The Kier molecular flexibility index (Phi) is 3.69. The number of hydrogen-bond donors (Lipinski definition) is 2. The van der Waals surface area contributed by atoms with E-state index in [2.05, 4.69) is 4.98 Å². The summed E-state index contributed by atoms with van der Waals surface area (Å²) in [6, 6.07) is 8.40. The van der Waals surface area contributed by atoms with Crippen LogP contribution in [0.1, 0.15) is 5.56 Å². The van der Waals surface area contributed by atoms with Crippen molar-refractivity contribution in [2.45, 2.75) is 0 Å². The minimum Gasteiger partial charge on any atom is -0.437 e. The predicted molar refractivity (Wildman–Crippen MR) is 71.8 cm³/mol. The number of nitrogens with one attached hydrogen (secondary N) is 1. The number of halogens is 2. The van der Waals surface area contributed by atoms with Crippen LogP contribution in [0.4, 0.5) is 0 Å². The Morgan fingerprint density at radius 1 is 1.28 bits per heavy atom. The monoisotopic (exact) mass is 281 g/mol. The standard InChI is InChI=1S/C12H9Cl2N3O/c13-7-2-1-3-8(6-7)18-12-10(14)9(11(15)16)4-5-17-12/h1-6H,(H3,15,16). The summed E-state index contributed by atoms with van der Waals surface area (Å²) >= 11 is 11.9. The number of ether oxygens (including phenoxy) is 1. The third kappa shape index (κ3) is 2.72. The maximum absolute atomic E-state index is 7.38. The third-order valence-electron chi connectivity index (χ3n) is 2.16. The normalized spacial score (nSPS) is 10.1. The molecule has 0 aliphatic heterocycles. The molecule has 92 valence electrons. The van der Waals surface area contributed by atoms with E-state index in [1.54, 1.807) is 30.3 Å². The number of nitrogens with two attached hydrogens (primary N) is 1. The molecule has 1 heterocycles. The van der Waals surface area contributed by atoms with Gasteiger partial charge in [-0.25, -0.2) is 4.98 Å². The van der Waals surface area contributed by atoms with Gasteiger partial charge in [-0.1, -0.05) is 29.3 Å². The van der Waals surface area contributed by atoms with Gasteiger partial charge in [-0.3, -0.25) is 5.41 Å².